The lowest BCUT2D eigenvalue weighted by Gasteiger charge is -2.32. The van der Waals surface area contributed by atoms with Gasteiger partial charge in [0.2, 0.25) is 0 Å². The van der Waals surface area contributed by atoms with Crippen LogP contribution in [-0.2, 0) is 0 Å². The van der Waals surface area contributed by atoms with Gasteiger partial charge in [0.05, 0.1) is 0 Å². The van der Waals surface area contributed by atoms with Crippen LogP contribution in [0.3, 0.4) is 0 Å². The zero-order valence-corrected chi connectivity index (χ0v) is 11.8. The van der Waals surface area contributed by atoms with E-state index in [1.165, 1.54) is 19.3 Å². The standard InChI is InChI=1S/C14H28N2O/c1-11(2)10-16(12(3)4)14(17)15-13-8-6-5-7-9-13/h11-13H,5-10H2,1-4H3,(H,15,17). The van der Waals surface area contributed by atoms with E-state index in [1.807, 2.05) is 4.90 Å². The maximum absolute atomic E-state index is 12.2. The predicted octanol–water partition coefficient (Wildman–Crippen LogP) is 3.40. The number of rotatable bonds is 4. The second kappa shape index (κ2) is 6.87. The van der Waals surface area contributed by atoms with E-state index in [4.69, 9.17) is 0 Å². The molecule has 1 saturated carbocycles. The number of hydrogen-bond donors (Lipinski definition) is 1. The molecule has 1 fully saturated rings. The van der Waals surface area contributed by atoms with Crippen molar-refractivity contribution in [2.24, 2.45) is 5.92 Å². The molecule has 1 aliphatic carbocycles. The maximum Gasteiger partial charge on any atom is 0.317 e. The summed E-state index contributed by atoms with van der Waals surface area (Å²) in [6.45, 7) is 9.33. The van der Waals surface area contributed by atoms with Crippen molar-refractivity contribution >= 4 is 6.03 Å². The molecule has 0 radical (unpaired) electrons. The fourth-order valence-corrected chi connectivity index (χ4v) is 2.43. The average molecular weight is 240 g/mol. The number of nitrogens with zero attached hydrogens (tertiary/aromatic N) is 1. The lowest BCUT2D eigenvalue weighted by atomic mass is 9.96. The Bertz CT molecular complexity index is 232. The van der Waals surface area contributed by atoms with Gasteiger partial charge in [-0.15, -0.1) is 0 Å². The Morgan fingerprint density at radius 3 is 2.24 bits per heavy atom. The average Bonchev–Trinajstić information content (AvgIpc) is 2.26. The molecule has 0 atom stereocenters. The maximum atomic E-state index is 12.2. The molecule has 2 amide bonds. The minimum atomic E-state index is 0.126. The lowest BCUT2D eigenvalue weighted by Crippen LogP contribution is -2.49. The summed E-state index contributed by atoms with van der Waals surface area (Å²) in [7, 11) is 0. The van der Waals surface area contributed by atoms with E-state index in [0.29, 0.717) is 12.0 Å². The number of carbonyl (C=O) groups is 1. The summed E-state index contributed by atoms with van der Waals surface area (Å²) < 4.78 is 0. The Morgan fingerprint density at radius 2 is 1.76 bits per heavy atom. The normalized spacial score (nSPS) is 17.5. The Morgan fingerprint density at radius 1 is 1.18 bits per heavy atom. The highest BCUT2D eigenvalue weighted by Crippen LogP contribution is 2.18. The van der Waals surface area contributed by atoms with Crippen molar-refractivity contribution in [2.45, 2.75) is 71.9 Å². The molecule has 0 heterocycles. The van der Waals surface area contributed by atoms with Gasteiger partial charge in [-0.05, 0) is 32.6 Å². The van der Waals surface area contributed by atoms with Gasteiger partial charge in [0.25, 0.3) is 0 Å². The molecule has 17 heavy (non-hydrogen) atoms. The van der Waals surface area contributed by atoms with Crippen molar-refractivity contribution in [3.05, 3.63) is 0 Å². The van der Waals surface area contributed by atoms with Crippen molar-refractivity contribution < 1.29 is 4.79 Å². The van der Waals surface area contributed by atoms with Crippen LogP contribution in [0.1, 0.15) is 59.8 Å². The van der Waals surface area contributed by atoms with Crippen LogP contribution in [0.5, 0.6) is 0 Å². The molecular weight excluding hydrogens is 212 g/mol. The van der Waals surface area contributed by atoms with Gasteiger partial charge in [-0.1, -0.05) is 33.1 Å². The molecule has 0 saturated heterocycles. The molecule has 1 aliphatic rings. The van der Waals surface area contributed by atoms with Gasteiger partial charge >= 0.3 is 6.03 Å². The molecule has 1 rings (SSSR count). The quantitative estimate of drug-likeness (QED) is 0.802. The van der Waals surface area contributed by atoms with E-state index in [9.17, 15) is 4.79 Å². The van der Waals surface area contributed by atoms with Gasteiger partial charge in [0.1, 0.15) is 0 Å². The highest BCUT2D eigenvalue weighted by molar-refractivity contribution is 5.74. The van der Waals surface area contributed by atoms with Crippen LogP contribution >= 0.6 is 0 Å². The van der Waals surface area contributed by atoms with Gasteiger partial charge in [-0.3, -0.25) is 0 Å². The fourth-order valence-electron chi connectivity index (χ4n) is 2.43. The minimum Gasteiger partial charge on any atom is -0.335 e. The molecular formula is C14H28N2O. The molecule has 3 heteroatoms. The monoisotopic (exact) mass is 240 g/mol. The molecule has 100 valence electrons. The largest absolute Gasteiger partial charge is 0.335 e. The number of urea groups is 1. The number of carbonyl (C=O) groups excluding carboxylic acids is 1. The number of hydrogen-bond acceptors (Lipinski definition) is 1. The van der Waals surface area contributed by atoms with E-state index in [1.54, 1.807) is 0 Å². The van der Waals surface area contributed by atoms with Crippen LogP contribution in [0.4, 0.5) is 4.79 Å². The zero-order valence-electron chi connectivity index (χ0n) is 11.8. The molecule has 0 aromatic heterocycles. The first-order valence-corrected chi connectivity index (χ1v) is 7.07. The molecule has 0 unspecified atom stereocenters. The summed E-state index contributed by atoms with van der Waals surface area (Å²) in [5, 5.41) is 3.19. The highest BCUT2D eigenvalue weighted by Gasteiger charge is 2.22. The van der Waals surface area contributed by atoms with Crippen molar-refractivity contribution in [3.8, 4) is 0 Å². The first kappa shape index (κ1) is 14.3. The van der Waals surface area contributed by atoms with Crippen molar-refractivity contribution in [1.82, 2.24) is 10.2 Å². The highest BCUT2D eigenvalue weighted by atomic mass is 16.2. The third kappa shape index (κ3) is 4.97. The van der Waals surface area contributed by atoms with Gasteiger partial charge in [-0.2, -0.15) is 0 Å². The fraction of sp³-hybridized carbons (Fsp3) is 0.929. The number of nitrogens with one attached hydrogen (secondary N) is 1. The Kier molecular flexibility index (Phi) is 5.79. The molecule has 0 aromatic carbocycles. The van der Waals surface area contributed by atoms with E-state index in [0.717, 1.165) is 19.4 Å². The minimum absolute atomic E-state index is 0.126. The summed E-state index contributed by atoms with van der Waals surface area (Å²) in [5.41, 5.74) is 0. The van der Waals surface area contributed by atoms with Crippen molar-refractivity contribution in [2.75, 3.05) is 6.54 Å². The summed E-state index contributed by atoms with van der Waals surface area (Å²) in [5.74, 6) is 0.523. The Balaban J connectivity index is 2.46. The molecule has 0 aliphatic heterocycles. The summed E-state index contributed by atoms with van der Waals surface area (Å²) in [6, 6.07) is 0.811. The SMILES string of the molecule is CC(C)CN(C(=O)NC1CCCCC1)C(C)C. The van der Waals surface area contributed by atoms with Crippen LogP contribution in [0, 0.1) is 5.92 Å². The van der Waals surface area contributed by atoms with Crippen LogP contribution in [0.2, 0.25) is 0 Å². The van der Waals surface area contributed by atoms with Crippen LogP contribution < -0.4 is 5.32 Å². The van der Waals surface area contributed by atoms with E-state index < -0.39 is 0 Å². The lowest BCUT2D eigenvalue weighted by molar-refractivity contribution is 0.168. The van der Waals surface area contributed by atoms with Crippen LogP contribution in [0.15, 0.2) is 0 Å². The van der Waals surface area contributed by atoms with Gasteiger partial charge in [0, 0.05) is 18.6 Å². The summed E-state index contributed by atoms with van der Waals surface area (Å²) in [6.07, 6.45) is 6.15. The summed E-state index contributed by atoms with van der Waals surface area (Å²) >= 11 is 0. The van der Waals surface area contributed by atoms with Gasteiger partial charge in [0.15, 0.2) is 0 Å². The van der Waals surface area contributed by atoms with Crippen molar-refractivity contribution in [1.29, 1.82) is 0 Å². The summed E-state index contributed by atoms with van der Waals surface area (Å²) in [4.78, 5) is 14.2. The van der Waals surface area contributed by atoms with Gasteiger partial charge in [-0.25, -0.2) is 4.79 Å². The zero-order chi connectivity index (χ0) is 12.8. The molecule has 0 spiro atoms. The second-order valence-corrected chi connectivity index (χ2v) is 5.92. The second-order valence-electron chi connectivity index (χ2n) is 5.92. The van der Waals surface area contributed by atoms with E-state index in [2.05, 4.69) is 33.0 Å². The molecule has 1 N–H and O–H groups in total. The first-order chi connectivity index (χ1) is 8.00. The molecule has 0 aromatic rings. The van der Waals surface area contributed by atoms with Gasteiger partial charge < -0.3 is 10.2 Å². The topological polar surface area (TPSA) is 32.3 Å². The molecule has 0 bridgehead atoms. The third-order valence-electron chi connectivity index (χ3n) is 3.38. The van der Waals surface area contributed by atoms with E-state index in [-0.39, 0.29) is 12.1 Å². The molecule has 3 nitrogen and oxygen atoms in total. The Labute approximate surface area is 106 Å². The number of amides is 2. The van der Waals surface area contributed by atoms with Crippen molar-refractivity contribution in [3.63, 3.8) is 0 Å². The van der Waals surface area contributed by atoms with Crippen LogP contribution in [0.25, 0.3) is 0 Å². The smallest absolute Gasteiger partial charge is 0.317 e. The van der Waals surface area contributed by atoms with E-state index >= 15 is 0 Å². The first-order valence-electron chi connectivity index (χ1n) is 7.07. The Hall–Kier alpha value is -0.730. The third-order valence-corrected chi connectivity index (χ3v) is 3.38. The predicted molar refractivity (Wildman–Crippen MR) is 72.1 cm³/mol. The van der Waals surface area contributed by atoms with Crippen LogP contribution in [-0.4, -0.2) is 29.6 Å².